The first-order valence-corrected chi connectivity index (χ1v) is 4.46. The molecule has 0 unspecified atom stereocenters. The van der Waals surface area contributed by atoms with Crippen LogP contribution in [-0.2, 0) is 6.42 Å². The lowest BCUT2D eigenvalue weighted by Gasteiger charge is -1.96. The Balaban J connectivity index is 2.55. The largest absolute Gasteiger partial charge is 0.324 e. The second-order valence-corrected chi connectivity index (χ2v) is 3.08. The molecule has 0 fully saturated rings. The van der Waals surface area contributed by atoms with Gasteiger partial charge in [-0.1, -0.05) is 19.4 Å². The average Bonchev–Trinajstić information content (AvgIpc) is 2.50. The zero-order valence-corrected chi connectivity index (χ0v) is 7.33. The Hall–Kier alpha value is -1.24. The summed E-state index contributed by atoms with van der Waals surface area (Å²) < 4.78 is 2.17. The standard InChI is InChI=1S/C11H13N/c1-2-5-10-7-9-12-8-4-3-6-11(10)12/h3-4,6-9H,2,5H2,1H3. The maximum Gasteiger partial charge on any atom is 0.0481 e. The number of aryl methyl sites for hydroxylation is 1. The van der Waals surface area contributed by atoms with E-state index in [9.17, 15) is 0 Å². The molecular weight excluding hydrogens is 146 g/mol. The molecule has 0 spiro atoms. The molecule has 0 N–H and O–H groups in total. The number of pyridine rings is 1. The van der Waals surface area contributed by atoms with Gasteiger partial charge in [0.15, 0.2) is 0 Å². The summed E-state index contributed by atoms with van der Waals surface area (Å²) in [6.07, 6.45) is 6.61. The van der Waals surface area contributed by atoms with Crippen LogP contribution in [0.1, 0.15) is 18.9 Å². The number of nitrogens with zero attached hydrogens (tertiary/aromatic N) is 1. The number of hydrogen-bond donors (Lipinski definition) is 0. The van der Waals surface area contributed by atoms with Crippen molar-refractivity contribution in [2.45, 2.75) is 19.8 Å². The van der Waals surface area contributed by atoms with Crippen LogP contribution in [-0.4, -0.2) is 4.40 Å². The molecular formula is C11H13N. The van der Waals surface area contributed by atoms with Gasteiger partial charge in [-0.05, 0) is 30.2 Å². The van der Waals surface area contributed by atoms with Crippen molar-refractivity contribution in [1.82, 2.24) is 4.40 Å². The molecule has 62 valence electrons. The Bertz CT molecular complexity index is 373. The number of fused-ring (bicyclic) bond motifs is 1. The monoisotopic (exact) mass is 159 g/mol. The SMILES string of the molecule is CCCc1ccn2ccccc12. The number of hydrogen-bond acceptors (Lipinski definition) is 0. The summed E-state index contributed by atoms with van der Waals surface area (Å²) in [5.41, 5.74) is 2.80. The fraction of sp³-hybridized carbons (Fsp3) is 0.273. The Kier molecular flexibility index (Phi) is 1.86. The summed E-state index contributed by atoms with van der Waals surface area (Å²) in [7, 11) is 0. The van der Waals surface area contributed by atoms with Gasteiger partial charge in [0.05, 0.1) is 0 Å². The lowest BCUT2D eigenvalue weighted by Crippen LogP contribution is -1.83. The zero-order valence-electron chi connectivity index (χ0n) is 7.33. The second kappa shape index (κ2) is 3.02. The minimum absolute atomic E-state index is 1.18. The minimum Gasteiger partial charge on any atom is -0.324 e. The van der Waals surface area contributed by atoms with Crippen molar-refractivity contribution in [2.24, 2.45) is 0 Å². The molecule has 0 radical (unpaired) electrons. The van der Waals surface area contributed by atoms with Crippen LogP contribution in [0.15, 0.2) is 36.7 Å². The van der Waals surface area contributed by atoms with Crippen LogP contribution in [0.5, 0.6) is 0 Å². The van der Waals surface area contributed by atoms with Crippen molar-refractivity contribution < 1.29 is 0 Å². The van der Waals surface area contributed by atoms with Gasteiger partial charge in [-0.2, -0.15) is 0 Å². The fourth-order valence-electron chi connectivity index (χ4n) is 1.59. The minimum atomic E-state index is 1.18. The first-order valence-electron chi connectivity index (χ1n) is 4.46. The summed E-state index contributed by atoms with van der Waals surface area (Å²) in [4.78, 5) is 0. The molecule has 1 nitrogen and oxygen atoms in total. The second-order valence-electron chi connectivity index (χ2n) is 3.08. The number of rotatable bonds is 2. The molecule has 0 atom stereocenters. The lowest BCUT2D eigenvalue weighted by molar-refractivity contribution is 0.930. The third-order valence-corrected chi connectivity index (χ3v) is 2.17. The van der Waals surface area contributed by atoms with Crippen LogP contribution in [0.25, 0.3) is 5.52 Å². The van der Waals surface area contributed by atoms with Crippen molar-refractivity contribution in [3.05, 3.63) is 42.2 Å². The van der Waals surface area contributed by atoms with E-state index in [1.54, 1.807) is 0 Å². The van der Waals surface area contributed by atoms with Gasteiger partial charge in [0.2, 0.25) is 0 Å². The van der Waals surface area contributed by atoms with E-state index in [2.05, 4.69) is 48.0 Å². The van der Waals surface area contributed by atoms with Crippen molar-refractivity contribution in [2.75, 3.05) is 0 Å². The van der Waals surface area contributed by atoms with Crippen molar-refractivity contribution in [3.8, 4) is 0 Å². The first-order chi connectivity index (χ1) is 5.92. The maximum absolute atomic E-state index is 2.21. The Morgan fingerprint density at radius 2 is 2.08 bits per heavy atom. The van der Waals surface area contributed by atoms with E-state index in [1.807, 2.05) is 0 Å². The molecule has 0 aromatic carbocycles. The van der Waals surface area contributed by atoms with E-state index in [1.165, 1.54) is 23.9 Å². The van der Waals surface area contributed by atoms with Crippen LogP contribution >= 0.6 is 0 Å². The third kappa shape index (κ3) is 1.11. The molecule has 0 bridgehead atoms. The van der Waals surface area contributed by atoms with Crippen molar-refractivity contribution >= 4 is 5.52 Å². The van der Waals surface area contributed by atoms with E-state index in [0.29, 0.717) is 0 Å². The summed E-state index contributed by atoms with van der Waals surface area (Å²) in [6, 6.07) is 8.53. The van der Waals surface area contributed by atoms with Gasteiger partial charge in [0, 0.05) is 17.9 Å². The quantitative estimate of drug-likeness (QED) is 0.634. The number of aromatic nitrogens is 1. The molecule has 2 aromatic rings. The first kappa shape index (κ1) is 7.41. The normalized spacial score (nSPS) is 10.8. The van der Waals surface area contributed by atoms with Crippen LogP contribution < -0.4 is 0 Å². The summed E-state index contributed by atoms with van der Waals surface area (Å²) in [6.45, 7) is 2.21. The van der Waals surface area contributed by atoms with Gasteiger partial charge in [0.1, 0.15) is 0 Å². The molecule has 0 amide bonds. The highest BCUT2D eigenvalue weighted by molar-refractivity contribution is 5.55. The molecule has 0 aliphatic rings. The topological polar surface area (TPSA) is 4.41 Å². The van der Waals surface area contributed by atoms with Crippen LogP contribution in [0, 0.1) is 0 Å². The van der Waals surface area contributed by atoms with Gasteiger partial charge < -0.3 is 4.40 Å². The van der Waals surface area contributed by atoms with Crippen LogP contribution in [0.3, 0.4) is 0 Å². The predicted octanol–water partition coefficient (Wildman–Crippen LogP) is 2.89. The van der Waals surface area contributed by atoms with E-state index in [0.717, 1.165) is 0 Å². The maximum atomic E-state index is 2.21. The van der Waals surface area contributed by atoms with Crippen molar-refractivity contribution in [1.29, 1.82) is 0 Å². The molecule has 0 aliphatic carbocycles. The molecule has 2 heterocycles. The molecule has 1 heteroatoms. The average molecular weight is 159 g/mol. The molecule has 0 saturated heterocycles. The summed E-state index contributed by atoms with van der Waals surface area (Å²) in [5, 5.41) is 0. The van der Waals surface area contributed by atoms with E-state index in [4.69, 9.17) is 0 Å². The van der Waals surface area contributed by atoms with E-state index in [-0.39, 0.29) is 0 Å². The van der Waals surface area contributed by atoms with Crippen LogP contribution in [0.4, 0.5) is 0 Å². The van der Waals surface area contributed by atoms with E-state index >= 15 is 0 Å². The fourth-order valence-corrected chi connectivity index (χ4v) is 1.59. The smallest absolute Gasteiger partial charge is 0.0481 e. The molecule has 2 aromatic heterocycles. The molecule has 0 saturated carbocycles. The summed E-state index contributed by atoms with van der Waals surface area (Å²) >= 11 is 0. The van der Waals surface area contributed by atoms with Gasteiger partial charge >= 0.3 is 0 Å². The lowest BCUT2D eigenvalue weighted by atomic mass is 10.1. The van der Waals surface area contributed by atoms with Gasteiger partial charge in [0.25, 0.3) is 0 Å². The molecule has 2 rings (SSSR count). The molecule has 12 heavy (non-hydrogen) atoms. The van der Waals surface area contributed by atoms with Gasteiger partial charge in [-0.25, -0.2) is 0 Å². The summed E-state index contributed by atoms with van der Waals surface area (Å²) in [5.74, 6) is 0. The Labute approximate surface area is 72.6 Å². The predicted molar refractivity (Wildman–Crippen MR) is 51.4 cm³/mol. The Morgan fingerprint density at radius 1 is 1.17 bits per heavy atom. The highest BCUT2D eigenvalue weighted by atomic mass is 14.8. The molecule has 0 aliphatic heterocycles. The van der Waals surface area contributed by atoms with Gasteiger partial charge in [-0.15, -0.1) is 0 Å². The van der Waals surface area contributed by atoms with Gasteiger partial charge in [-0.3, -0.25) is 0 Å². The Morgan fingerprint density at radius 3 is 2.92 bits per heavy atom. The van der Waals surface area contributed by atoms with E-state index < -0.39 is 0 Å². The van der Waals surface area contributed by atoms with Crippen LogP contribution in [0.2, 0.25) is 0 Å². The third-order valence-electron chi connectivity index (χ3n) is 2.17. The highest BCUT2D eigenvalue weighted by Gasteiger charge is 1.98. The zero-order chi connectivity index (χ0) is 8.39. The highest BCUT2D eigenvalue weighted by Crippen LogP contribution is 2.13. The van der Waals surface area contributed by atoms with Crippen molar-refractivity contribution in [3.63, 3.8) is 0 Å².